The van der Waals surface area contributed by atoms with E-state index in [1.807, 2.05) is 19.1 Å². The minimum Gasteiger partial charge on any atom is -0.381 e. The molecule has 0 atom stereocenters. The van der Waals surface area contributed by atoms with E-state index in [4.69, 9.17) is 4.74 Å². The molecule has 0 bridgehead atoms. The molecule has 1 N–H and O–H groups in total. The number of H-pyrrole nitrogens is 1. The molecule has 0 radical (unpaired) electrons. The number of hydrogen-bond donors (Lipinski definition) is 1. The van der Waals surface area contributed by atoms with E-state index in [0.717, 1.165) is 30.0 Å². The molecule has 4 nitrogen and oxygen atoms in total. The van der Waals surface area contributed by atoms with Gasteiger partial charge in [0.25, 0.3) is 0 Å². The zero-order valence-electron chi connectivity index (χ0n) is 8.16. The maximum absolute atomic E-state index is 5.25. The van der Waals surface area contributed by atoms with Gasteiger partial charge in [-0.3, -0.25) is 0 Å². The molecular formula is C10H13N3O. The van der Waals surface area contributed by atoms with Crippen molar-refractivity contribution in [1.82, 2.24) is 15.0 Å². The molecule has 2 aromatic rings. The summed E-state index contributed by atoms with van der Waals surface area (Å²) in [5, 5.41) is 0. The highest BCUT2D eigenvalue weighted by Crippen LogP contribution is 2.07. The maximum Gasteiger partial charge on any atom is 0.157 e. The monoisotopic (exact) mass is 191 g/mol. The van der Waals surface area contributed by atoms with Gasteiger partial charge in [-0.1, -0.05) is 0 Å². The Balaban J connectivity index is 2.11. The van der Waals surface area contributed by atoms with Crippen LogP contribution in [-0.2, 0) is 11.2 Å². The normalized spacial score (nSPS) is 10.9. The van der Waals surface area contributed by atoms with Crippen molar-refractivity contribution in [3.8, 4) is 0 Å². The van der Waals surface area contributed by atoms with Gasteiger partial charge >= 0.3 is 0 Å². The number of nitrogens with one attached hydrogen (secondary N) is 1. The molecular weight excluding hydrogens is 178 g/mol. The van der Waals surface area contributed by atoms with Gasteiger partial charge in [-0.05, 0) is 19.1 Å². The molecule has 0 spiro atoms. The van der Waals surface area contributed by atoms with E-state index < -0.39 is 0 Å². The Morgan fingerprint density at radius 1 is 1.50 bits per heavy atom. The fourth-order valence-corrected chi connectivity index (χ4v) is 1.32. The Kier molecular flexibility index (Phi) is 2.74. The highest BCUT2D eigenvalue weighted by Gasteiger charge is 2.01. The predicted octanol–water partition coefficient (Wildman–Crippen LogP) is 1.54. The average molecular weight is 191 g/mol. The first kappa shape index (κ1) is 9.15. The lowest BCUT2D eigenvalue weighted by molar-refractivity contribution is 0.149. The Morgan fingerprint density at radius 2 is 2.43 bits per heavy atom. The fraction of sp³-hybridized carbons (Fsp3) is 0.400. The van der Waals surface area contributed by atoms with E-state index >= 15 is 0 Å². The number of nitrogens with zero attached hydrogens (tertiary/aromatic N) is 2. The third-order valence-electron chi connectivity index (χ3n) is 1.99. The fourth-order valence-electron chi connectivity index (χ4n) is 1.32. The summed E-state index contributed by atoms with van der Waals surface area (Å²) in [6, 6.07) is 3.83. The summed E-state index contributed by atoms with van der Waals surface area (Å²) in [7, 11) is 0. The number of pyridine rings is 1. The second-order valence-electron chi connectivity index (χ2n) is 3.00. The zero-order chi connectivity index (χ0) is 9.80. The summed E-state index contributed by atoms with van der Waals surface area (Å²) in [6.45, 7) is 3.44. The third-order valence-corrected chi connectivity index (χ3v) is 1.99. The van der Waals surface area contributed by atoms with Crippen molar-refractivity contribution in [2.45, 2.75) is 13.3 Å². The molecule has 0 aliphatic carbocycles. The highest BCUT2D eigenvalue weighted by atomic mass is 16.5. The van der Waals surface area contributed by atoms with E-state index in [0.29, 0.717) is 6.61 Å². The number of aromatic amines is 1. The Hall–Kier alpha value is -1.42. The third kappa shape index (κ3) is 1.90. The molecule has 2 aromatic heterocycles. The van der Waals surface area contributed by atoms with Gasteiger partial charge in [0.2, 0.25) is 0 Å². The van der Waals surface area contributed by atoms with Gasteiger partial charge in [-0.25, -0.2) is 9.97 Å². The summed E-state index contributed by atoms with van der Waals surface area (Å²) in [5.41, 5.74) is 1.76. The largest absolute Gasteiger partial charge is 0.381 e. The van der Waals surface area contributed by atoms with Crippen molar-refractivity contribution >= 4 is 11.2 Å². The lowest BCUT2D eigenvalue weighted by atomic mass is 10.4. The molecule has 0 unspecified atom stereocenters. The topological polar surface area (TPSA) is 50.8 Å². The van der Waals surface area contributed by atoms with Crippen LogP contribution < -0.4 is 0 Å². The summed E-state index contributed by atoms with van der Waals surface area (Å²) >= 11 is 0. The van der Waals surface area contributed by atoms with Gasteiger partial charge in [0.05, 0.1) is 6.61 Å². The van der Waals surface area contributed by atoms with Gasteiger partial charge in [0.1, 0.15) is 11.3 Å². The van der Waals surface area contributed by atoms with Crippen molar-refractivity contribution in [2.75, 3.05) is 13.2 Å². The molecule has 0 aliphatic rings. The molecule has 0 saturated heterocycles. The van der Waals surface area contributed by atoms with Crippen LogP contribution in [0.5, 0.6) is 0 Å². The van der Waals surface area contributed by atoms with Gasteiger partial charge in [0, 0.05) is 19.2 Å². The van der Waals surface area contributed by atoms with Crippen LogP contribution in [-0.4, -0.2) is 28.2 Å². The lowest BCUT2D eigenvalue weighted by Gasteiger charge is -1.96. The molecule has 0 aromatic carbocycles. The Morgan fingerprint density at radius 3 is 3.21 bits per heavy atom. The van der Waals surface area contributed by atoms with Crippen molar-refractivity contribution in [3.05, 3.63) is 24.2 Å². The van der Waals surface area contributed by atoms with Crippen LogP contribution in [0.4, 0.5) is 0 Å². The quantitative estimate of drug-likeness (QED) is 0.746. The van der Waals surface area contributed by atoms with Gasteiger partial charge in [0.15, 0.2) is 5.65 Å². The Bertz CT molecular complexity index is 377. The van der Waals surface area contributed by atoms with Gasteiger partial charge in [-0.15, -0.1) is 0 Å². The van der Waals surface area contributed by atoms with E-state index in [1.165, 1.54) is 0 Å². The van der Waals surface area contributed by atoms with Gasteiger partial charge < -0.3 is 9.72 Å². The summed E-state index contributed by atoms with van der Waals surface area (Å²) in [4.78, 5) is 11.7. The van der Waals surface area contributed by atoms with Crippen LogP contribution in [0.3, 0.4) is 0 Å². The number of rotatable bonds is 4. The highest BCUT2D eigenvalue weighted by molar-refractivity contribution is 5.69. The van der Waals surface area contributed by atoms with Crippen molar-refractivity contribution in [3.63, 3.8) is 0 Å². The van der Waals surface area contributed by atoms with Crippen LogP contribution in [0.1, 0.15) is 12.7 Å². The first-order valence-corrected chi connectivity index (χ1v) is 4.77. The molecule has 2 rings (SSSR count). The SMILES string of the molecule is CCOCCc1nc2cccnc2[nH]1. The van der Waals surface area contributed by atoms with Crippen LogP contribution in [0.2, 0.25) is 0 Å². The molecule has 0 fully saturated rings. The minimum absolute atomic E-state index is 0.705. The minimum atomic E-state index is 0.705. The second-order valence-corrected chi connectivity index (χ2v) is 3.00. The molecule has 0 amide bonds. The van der Waals surface area contributed by atoms with Crippen molar-refractivity contribution in [2.24, 2.45) is 0 Å². The zero-order valence-corrected chi connectivity index (χ0v) is 8.16. The second kappa shape index (κ2) is 4.19. The van der Waals surface area contributed by atoms with Crippen LogP contribution in [0.15, 0.2) is 18.3 Å². The standard InChI is InChI=1S/C10H13N3O/c1-2-14-7-5-9-12-8-4-3-6-11-10(8)13-9/h3-4,6H,2,5,7H2,1H3,(H,11,12,13). The first-order valence-electron chi connectivity index (χ1n) is 4.77. The van der Waals surface area contributed by atoms with E-state index in [2.05, 4.69) is 15.0 Å². The smallest absolute Gasteiger partial charge is 0.157 e. The molecule has 2 heterocycles. The first-order chi connectivity index (χ1) is 6.90. The van der Waals surface area contributed by atoms with E-state index in [-0.39, 0.29) is 0 Å². The lowest BCUT2D eigenvalue weighted by Crippen LogP contribution is -1.99. The molecule has 4 heteroatoms. The van der Waals surface area contributed by atoms with Crippen LogP contribution in [0.25, 0.3) is 11.2 Å². The summed E-state index contributed by atoms with van der Waals surface area (Å²) in [5.74, 6) is 0.937. The Labute approximate surface area is 82.3 Å². The van der Waals surface area contributed by atoms with Crippen LogP contribution >= 0.6 is 0 Å². The number of fused-ring (bicyclic) bond motifs is 1. The number of ether oxygens (including phenoxy) is 1. The summed E-state index contributed by atoms with van der Waals surface area (Å²) in [6.07, 6.45) is 2.57. The molecule has 0 saturated carbocycles. The van der Waals surface area contributed by atoms with E-state index in [9.17, 15) is 0 Å². The van der Waals surface area contributed by atoms with Crippen molar-refractivity contribution in [1.29, 1.82) is 0 Å². The maximum atomic E-state index is 5.25. The van der Waals surface area contributed by atoms with Gasteiger partial charge in [-0.2, -0.15) is 0 Å². The molecule has 0 aliphatic heterocycles. The van der Waals surface area contributed by atoms with E-state index in [1.54, 1.807) is 6.20 Å². The number of imidazole rings is 1. The number of aromatic nitrogens is 3. The number of hydrogen-bond acceptors (Lipinski definition) is 3. The molecule has 74 valence electrons. The average Bonchev–Trinajstić information content (AvgIpc) is 2.60. The predicted molar refractivity (Wildman–Crippen MR) is 54.1 cm³/mol. The van der Waals surface area contributed by atoms with Crippen molar-refractivity contribution < 1.29 is 4.74 Å². The van der Waals surface area contributed by atoms with Crippen LogP contribution in [0, 0.1) is 0 Å². The molecule has 14 heavy (non-hydrogen) atoms. The summed E-state index contributed by atoms with van der Waals surface area (Å²) < 4.78 is 5.25.